The van der Waals surface area contributed by atoms with Crippen LogP contribution in [-0.4, -0.2) is 70.8 Å². The minimum Gasteiger partial charge on any atom is -0.464 e. The van der Waals surface area contributed by atoms with Gasteiger partial charge in [0.15, 0.2) is 24.2 Å². The number of benzene rings is 2. The van der Waals surface area contributed by atoms with Crippen molar-refractivity contribution < 1.29 is 13.9 Å². The van der Waals surface area contributed by atoms with Crippen LogP contribution in [0.5, 0.6) is 5.75 Å². The van der Waals surface area contributed by atoms with Gasteiger partial charge in [-0.25, -0.2) is 14.4 Å². The summed E-state index contributed by atoms with van der Waals surface area (Å²) in [7, 11) is 3.25. The SMILES string of the molecule is COCOc1c(-c2ncc3cc(N4CCC(N5CCC5)CC4)ccc3n2)cc2cn(C)nc2c1F. The molecule has 2 aliphatic heterocycles. The highest BCUT2D eigenvalue weighted by Gasteiger charge is 2.28. The number of nitrogens with zero attached hydrogens (tertiary/aromatic N) is 6. The van der Waals surface area contributed by atoms with Gasteiger partial charge in [0.05, 0.1) is 11.1 Å². The number of aromatic nitrogens is 4. The highest BCUT2D eigenvalue weighted by atomic mass is 19.1. The lowest BCUT2D eigenvalue weighted by Crippen LogP contribution is -2.50. The van der Waals surface area contributed by atoms with Crippen LogP contribution >= 0.6 is 0 Å². The molecular formula is C26H29FN6O2. The van der Waals surface area contributed by atoms with E-state index in [1.165, 1.54) is 45.1 Å². The molecule has 2 aliphatic rings. The zero-order valence-electron chi connectivity index (χ0n) is 20.1. The number of fused-ring (bicyclic) bond motifs is 2. The first-order valence-corrected chi connectivity index (χ1v) is 12.1. The molecule has 0 saturated carbocycles. The number of piperidine rings is 1. The number of halogens is 1. The van der Waals surface area contributed by atoms with Crippen LogP contribution in [0.1, 0.15) is 19.3 Å². The average molecular weight is 477 g/mol. The number of likely N-dealkylation sites (tertiary alicyclic amines) is 1. The Hall–Kier alpha value is -3.30. The van der Waals surface area contributed by atoms with Gasteiger partial charge in [0.25, 0.3) is 0 Å². The van der Waals surface area contributed by atoms with E-state index < -0.39 is 5.82 Å². The van der Waals surface area contributed by atoms with Crippen molar-refractivity contribution in [3.8, 4) is 17.1 Å². The van der Waals surface area contributed by atoms with E-state index >= 15 is 4.39 Å². The molecule has 182 valence electrons. The lowest BCUT2D eigenvalue weighted by molar-refractivity contribution is 0.0489. The fraction of sp³-hybridized carbons (Fsp3) is 0.423. The third kappa shape index (κ3) is 4.08. The average Bonchev–Trinajstić information content (AvgIpc) is 3.23. The van der Waals surface area contributed by atoms with Gasteiger partial charge in [-0.05, 0) is 56.6 Å². The van der Waals surface area contributed by atoms with Gasteiger partial charge in [-0.3, -0.25) is 4.68 Å². The molecule has 8 nitrogen and oxygen atoms in total. The Morgan fingerprint density at radius 2 is 1.91 bits per heavy atom. The zero-order valence-corrected chi connectivity index (χ0v) is 20.1. The van der Waals surface area contributed by atoms with Crippen molar-refractivity contribution >= 4 is 27.5 Å². The summed E-state index contributed by atoms with van der Waals surface area (Å²) in [5, 5.41) is 5.83. The maximum atomic E-state index is 15.3. The third-order valence-electron chi connectivity index (χ3n) is 7.17. The van der Waals surface area contributed by atoms with Crippen LogP contribution in [0.3, 0.4) is 0 Å². The van der Waals surface area contributed by atoms with E-state index in [2.05, 4.69) is 32.0 Å². The van der Waals surface area contributed by atoms with E-state index in [9.17, 15) is 0 Å². The molecule has 0 radical (unpaired) electrons. The molecule has 2 fully saturated rings. The minimum absolute atomic E-state index is 0.0408. The smallest absolute Gasteiger partial charge is 0.193 e. The second-order valence-electron chi connectivity index (χ2n) is 9.40. The second-order valence-corrected chi connectivity index (χ2v) is 9.40. The molecular weight excluding hydrogens is 447 g/mol. The second kappa shape index (κ2) is 9.05. The Labute approximate surface area is 203 Å². The van der Waals surface area contributed by atoms with Crippen molar-refractivity contribution in [2.75, 3.05) is 45.0 Å². The zero-order chi connectivity index (χ0) is 23.9. The topological polar surface area (TPSA) is 68.5 Å². The Morgan fingerprint density at radius 1 is 1.09 bits per heavy atom. The molecule has 35 heavy (non-hydrogen) atoms. The van der Waals surface area contributed by atoms with Crippen LogP contribution in [0, 0.1) is 5.82 Å². The van der Waals surface area contributed by atoms with Crippen LogP contribution < -0.4 is 9.64 Å². The summed E-state index contributed by atoms with van der Waals surface area (Å²) >= 11 is 0. The Bertz CT molecular complexity index is 1380. The van der Waals surface area contributed by atoms with E-state index in [0.29, 0.717) is 16.8 Å². The van der Waals surface area contributed by atoms with Crippen LogP contribution in [0.15, 0.2) is 36.7 Å². The normalized spacial score (nSPS) is 17.3. The number of rotatable bonds is 6. The monoisotopic (exact) mass is 476 g/mol. The summed E-state index contributed by atoms with van der Waals surface area (Å²) in [6.45, 7) is 4.56. The first kappa shape index (κ1) is 22.2. The summed E-state index contributed by atoms with van der Waals surface area (Å²) in [5.41, 5.74) is 2.71. The molecule has 0 atom stereocenters. The van der Waals surface area contributed by atoms with Crippen molar-refractivity contribution in [2.45, 2.75) is 25.3 Å². The van der Waals surface area contributed by atoms with Crippen molar-refractivity contribution in [3.05, 3.63) is 42.5 Å². The number of hydrogen-bond acceptors (Lipinski definition) is 7. The molecule has 0 bridgehead atoms. The van der Waals surface area contributed by atoms with E-state index in [1.54, 1.807) is 24.1 Å². The first-order valence-electron chi connectivity index (χ1n) is 12.1. The number of aryl methyl sites for hydroxylation is 1. The van der Waals surface area contributed by atoms with E-state index in [0.717, 1.165) is 30.0 Å². The quantitative estimate of drug-likeness (QED) is 0.390. The van der Waals surface area contributed by atoms with Crippen molar-refractivity contribution in [1.29, 1.82) is 0 Å². The molecule has 2 aromatic carbocycles. The fourth-order valence-electron chi connectivity index (χ4n) is 5.20. The van der Waals surface area contributed by atoms with Gasteiger partial charge >= 0.3 is 0 Å². The predicted molar refractivity (Wildman–Crippen MR) is 133 cm³/mol. The highest BCUT2D eigenvalue weighted by Crippen LogP contribution is 2.36. The molecule has 4 heterocycles. The van der Waals surface area contributed by atoms with E-state index in [-0.39, 0.29) is 18.1 Å². The summed E-state index contributed by atoms with van der Waals surface area (Å²) in [6, 6.07) is 8.84. The highest BCUT2D eigenvalue weighted by molar-refractivity contribution is 5.89. The van der Waals surface area contributed by atoms with Crippen LogP contribution in [0.4, 0.5) is 10.1 Å². The summed E-state index contributed by atoms with van der Waals surface area (Å²) in [5.74, 6) is -0.105. The van der Waals surface area contributed by atoms with Crippen LogP contribution in [0.2, 0.25) is 0 Å². The third-order valence-corrected chi connectivity index (χ3v) is 7.17. The van der Waals surface area contributed by atoms with Gasteiger partial charge in [-0.15, -0.1) is 0 Å². The van der Waals surface area contributed by atoms with Gasteiger partial charge in [-0.2, -0.15) is 5.10 Å². The largest absolute Gasteiger partial charge is 0.464 e. The van der Waals surface area contributed by atoms with Crippen LogP contribution in [0.25, 0.3) is 33.2 Å². The van der Waals surface area contributed by atoms with Crippen molar-refractivity contribution in [3.63, 3.8) is 0 Å². The molecule has 6 rings (SSSR count). The lowest BCUT2D eigenvalue weighted by atomic mass is 9.99. The molecule has 2 aromatic heterocycles. The summed E-state index contributed by atoms with van der Waals surface area (Å²) in [4.78, 5) is 14.4. The fourth-order valence-corrected chi connectivity index (χ4v) is 5.20. The molecule has 0 aliphatic carbocycles. The molecule has 0 amide bonds. The van der Waals surface area contributed by atoms with Crippen LogP contribution in [-0.2, 0) is 11.8 Å². The minimum atomic E-state index is -0.546. The Kier molecular flexibility index (Phi) is 5.74. The maximum Gasteiger partial charge on any atom is 0.193 e. The molecule has 4 aromatic rings. The number of methoxy groups -OCH3 is 1. The summed E-state index contributed by atoms with van der Waals surface area (Å²) in [6.07, 6.45) is 7.33. The Morgan fingerprint density at radius 3 is 2.66 bits per heavy atom. The molecule has 2 saturated heterocycles. The lowest BCUT2D eigenvalue weighted by Gasteiger charge is -2.43. The first-order chi connectivity index (χ1) is 17.1. The van der Waals surface area contributed by atoms with Gasteiger partial charge in [-0.1, -0.05) is 0 Å². The van der Waals surface area contributed by atoms with Gasteiger partial charge < -0.3 is 19.3 Å². The number of ether oxygens (including phenoxy) is 2. The molecule has 9 heteroatoms. The van der Waals surface area contributed by atoms with Gasteiger partial charge in [0.1, 0.15) is 5.52 Å². The number of anilines is 1. The molecule has 0 spiro atoms. The standard InChI is InChI=1S/C26H29FN6O2/c1-31-15-18-13-21(25(35-16-34-2)23(27)24(18)30-31)26-28-14-17-12-20(4-5-22(17)29-26)33-10-6-19(7-11-33)32-8-3-9-32/h4-5,12-15,19H,3,6-11,16H2,1-2H3. The predicted octanol–water partition coefficient (Wildman–Crippen LogP) is 3.98. The maximum absolute atomic E-state index is 15.3. The van der Waals surface area contributed by atoms with Crippen molar-refractivity contribution in [2.24, 2.45) is 7.05 Å². The number of hydrogen-bond donors (Lipinski definition) is 0. The van der Waals surface area contributed by atoms with E-state index in [4.69, 9.17) is 14.5 Å². The van der Waals surface area contributed by atoms with E-state index in [1.807, 2.05) is 12.1 Å². The van der Waals surface area contributed by atoms with Gasteiger partial charge in [0.2, 0.25) is 0 Å². The molecule has 0 N–H and O–H groups in total. The summed E-state index contributed by atoms with van der Waals surface area (Å²) < 4.78 is 27.5. The molecule has 0 unspecified atom stereocenters. The van der Waals surface area contributed by atoms with Gasteiger partial charge in [0, 0.05) is 62.1 Å². The van der Waals surface area contributed by atoms with Crippen molar-refractivity contribution in [1.82, 2.24) is 24.6 Å². The Balaban J connectivity index is 1.31.